The van der Waals surface area contributed by atoms with Gasteiger partial charge in [-0.2, -0.15) is 0 Å². The van der Waals surface area contributed by atoms with E-state index in [1.165, 1.54) is 5.56 Å². The lowest BCUT2D eigenvalue weighted by Crippen LogP contribution is -2.46. The van der Waals surface area contributed by atoms with E-state index in [1.54, 1.807) is 24.3 Å². The number of hydrogen-bond donors (Lipinski definition) is 3. The van der Waals surface area contributed by atoms with Crippen LogP contribution >= 0.6 is 0 Å². The van der Waals surface area contributed by atoms with Crippen molar-refractivity contribution in [2.75, 3.05) is 6.54 Å². The first kappa shape index (κ1) is 20.6. The lowest BCUT2D eigenvalue weighted by Gasteiger charge is -2.23. The summed E-state index contributed by atoms with van der Waals surface area (Å²) in [7, 11) is 0. The fourth-order valence-corrected chi connectivity index (χ4v) is 2.95. The molecular formula is C22H29N3O2. The Morgan fingerprint density at radius 1 is 0.926 bits per heavy atom. The molecule has 0 bridgehead atoms. The first-order chi connectivity index (χ1) is 13.0. The molecule has 0 aliphatic rings. The van der Waals surface area contributed by atoms with Crippen LogP contribution in [0.4, 0.5) is 0 Å². The van der Waals surface area contributed by atoms with Crippen molar-refractivity contribution in [1.82, 2.24) is 16.2 Å². The van der Waals surface area contributed by atoms with Gasteiger partial charge in [-0.05, 0) is 35.6 Å². The molecule has 0 radical (unpaired) electrons. The van der Waals surface area contributed by atoms with Gasteiger partial charge in [0.2, 0.25) is 0 Å². The van der Waals surface area contributed by atoms with Crippen molar-refractivity contribution < 1.29 is 9.59 Å². The Morgan fingerprint density at radius 3 is 2.19 bits per heavy atom. The molecule has 144 valence electrons. The fraction of sp³-hybridized carbons (Fsp3) is 0.364. The van der Waals surface area contributed by atoms with Crippen molar-refractivity contribution >= 4 is 11.8 Å². The molecule has 27 heavy (non-hydrogen) atoms. The van der Waals surface area contributed by atoms with Crippen molar-refractivity contribution in [1.29, 1.82) is 0 Å². The van der Waals surface area contributed by atoms with Gasteiger partial charge in [0.05, 0.1) is 6.54 Å². The van der Waals surface area contributed by atoms with Gasteiger partial charge in [-0.25, -0.2) is 0 Å². The van der Waals surface area contributed by atoms with Gasteiger partial charge in [-0.1, -0.05) is 69.7 Å². The second kappa shape index (κ2) is 10.5. The highest BCUT2D eigenvalue weighted by Gasteiger charge is 2.17. The normalized spacial score (nSPS) is 11.9. The molecule has 0 unspecified atom stereocenters. The molecule has 0 aliphatic heterocycles. The van der Waals surface area contributed by atoms with E-state index in [9.17, 15) is 9.59 Å². The van der Waals surface area contributed by atoms with E-state index < -0.39 is 0 Å². The number of carbonyl (C=O) groups excluding carboxylic acids is 2. The summed E-state index contributed by atoms with van der Waals surface area (Å²) in [6.07, 6.45) is 2.20. The molecule has 0 spiro atoms. The van der Waals surface area contributed by atoms with Crippen molar-refractivity contribution in [2.45, 2.75) is 39.7 Å². The predicted molar refractivity (Wildman–Crippen MR) is 108 cm³/mol. The summed E-state index contributed by atoms with van der Waals surface area (Å²) >= 11 is 0. The Balaban J connectivity index is 1.86. The maximum atomic E-state index is 12.1. The topological polar surface area (TPSA) is 70.2 Å². The number of aryl methyl sites for hydroxylation is 1. The summed E-state index contributed by atoms with van der Waals surface area (Å²) in [4.78, 5) is 24.0. The summed E-state index contributed by atoms with van der Waals surface area (Å²) in [6.45, 7) is 6.52. The van der Waals surface area contributed by atoms with E-state index >= 15 is 0 Å². The minimum atomic E-state index is -0.337. The Morgan fingerprint density at radius 2 is 1.59 bits per heavy atom. The molecule has 0 saturated heterocycles. The van der Waals surface area contributed by atoms with Gasteiger partial charge in [0.25, 0.3) is 11.8 Å². The molecule has 0 fully saturated rings. The average molecular weight is 367 g/mol. The zero-order valence-corrected chi connectivity index (χ0v) is 16.3. The highest BCUT2D eigenvalue weighted by molar-refractivity contribution is 5.95. The van der Waals surface area contributed by atoms with Crippen LogP contribution in [0.2, 0.25) is 0 Å². The summed E-state index contributed by atoms with van der Waals surface area (Å²) in [6, 6.07) is 17.4. The van der Waals surface area contributed by atoms with E-state index in [-0.39, 0.29) is 24.4 Å². The first-order valence-electron chi connectivity index (χ1n) is 9.47. The number of amides is 2. The van der Waals surface area contributed by atoms with Gasteiger partial charge < -0.3 is 5.32 Å². The molecule has 0 aromatic heterocycles. The number of rotatable bonds is 8. The quantitative estimate of drug-likeness (QED) is 0.627. The van der Waals surface area contributed by atoms with Crippen LogP contribution in [0, 0.1) is 5.92 Å². The largest absolute Gasteiger partial charge is 0.301 e. The van der Waals surface area contributed by atoms with Crippen LogP contribution in [-0.4, -0.2) is 18.4 Å². The van der Waals surface area contributed by atoms with Gasteiger partial charge >= 0.3 is 0 Å². The Bertz CT molecular complexity index is 727. The predicted octanol–water partition coefficient (Wildman–Crippen LogP) is 3.39. The maximum absolute atomic E-state index is 12.1. The Kier molecular flexibility index (Phi) is 8.01. The van der Waals surface area contributed by atoms with Crippen molar-refractivity contribution in [3.05, 3.63) is 71.3 Å². The summed E-state index contributed by atoms with van der Waals surface area (Å²) in [5, 5.41) is 3.29. The molecule has 0 heterocycles. The van der Waals surface area contributed by atoms with Crippen LogP contribution in [-0.2, 0) is 11.2 Å². The number of carbonyl (C=O) groups is 2. The zero-order chi connectivity index (χ0) is 19.6. The SMILES string of the molecule is CCCc1ccc([C@H](NCC(=O)NNC(=O)c2ccccc2)C(C)C)cc1. The van der Waals surface area contributed by atoms with Gasteiger partial charge in [0, 0.05) is 11.6 Å². The second-order valence-electron chi connectivity index (χ2n) is 6.96. The molecule has 1 atom stereocenters. The van der Waals surface area contributed by atoms with E-state index in [1.807, 2.05) is 6.07 Å². The smallest absolute Gasteiger partial charge is 0.269 e. The molecule has 2 amide bonds. The molecule has 2 aromatic carbocycles. The number of nitrogens with one attached hydrogen (secondary N) is 3. The van der Waals surface area contributed by atoms with Crippen molar-refractivity contribution in [3.63, 3.8) is 0 Å². The molecular weight excluding hydrogens is 338 g/mol. The standard InChI is InChI=1S/C22H29N3O2/c1-4-8-17-11-13-18(14-12-17)21(16(2)3)23-15-20(26)24-25-22(27)19-9-6-5-7-10-19/h5-7,9-14,16,21,23H,4,8,15H2,1-3H3,(H,24,26)(H,25,27)/t21-/m1/s1. The van der Waals surface area contributed by atoms with Crippen LogP contribution in [0.3, 0.4) is 0 Å². The lowest BCUT2D eigenvalue weighted by atomic mass is 9.94. The maximum Gasteiger partial charge on any atom is 0.269 e. The van der Waals surface area contributed by atoms with Gasteiger partial charge in [-0.3, -0.25) is 20.4 Å². The number of hydrazine groups is 1. The van der Waals surface area contributed by atoms with Gasteiger partial charge in [0.1, 0.15) is 0 Å². The lowest BCUT2D eigenvalue weighted by molar-refractivity contribution is -0.121. The molecule has 5 heteroatoms. The van der Waals surface area contributed by atoms with Crippen LogP contribution in [0.1, 0.15) is 54.7 Å². The molecule has 0 saturated carbocycles. The minimum absolute atomic E-state index is 0.0660. The van der Waals surface area contributed by atoms with E-state index in [0.29, 0.717) is 11.5 Å². The first-order valence-corrected chi connectivity index (χ1v) is 9.47. The van der Waals surface area contributed by atoms with E-state index in [0.717, 1.165) is 18.4 Å². The molecule has 0 aliphatic carbocycles. The van der Waals surface area contributed by atoms with Crippen LogP contribution in [0.5, 0.6) is 0 Å². The number of hydrogen-bond acceptors (Lipinski definition) is 3. The Labute approximate surface area is 161 Å². The van der Waals surface area contributed by atoms with Crippen molar-refractivity contribution in [2.24, 2.45) is 5.92 Å². The number of benzene rings is 2. The molecule has 5 nitrogen and oxygen atoms in total. The van der Waals surface area contributed by atoms with Crippen LogP contribution < -0.4 is 16.2 Å². The summed E-state index contributed by atoms with van der Waals surface area (Å²) in [5.74, 6) is -0.294. The van der Waals surface area contributed by atoms with Crippen LogP contribution in [0.15, 0.2) is 54.6 Å². The zero-order valence-electron chi connectivity index (χ0n) is 16.3. The summed E-state index contributed by atoms with van der Waals surface area (Å²) in [5.41, 5.74) is 7.87. The third-order valence-electron chi connectivity index (χ3n) is 4.38. The molecule has 2 rings (SSSR count). The third-order valence-corrected chi connectivity index (χ3v) is 4.38. The van der Waals surface area contributed by atoms with E-state index in [4.69, 9.17) is 0 Å². The molecule has 3 N–H and O–H groups in total. The fourth-order valence-electron chi connectivity index (χ4n) is 2.95. The molecule has 2 aromatic rings. The highest BCUT2D eigenvalue weighted by atomic mass is 16.2. The average Bonchev–Trinajstić information content (AvgIpc) is 2.68. The van der Waals surface area contributed by atoms with Crippen molar-refractivity contribution in [3.8, 4) is 0 Å². The third kappa shape index (κ3) is 6.53. The Hall–Kier alpha value is -2.66. The summed E-state index contributed by atoms with van der Waals surface area (Å²) < 4.78 is 0. The highest BCUT2D eigenvalue weighted by Crippen LogP contribution is 2.22. The monoisotopic (exact) mass is 367 g/mol. The van der Waals surface area contributed by atoms with Gasteiger partial charge in [-0.15, -0.1) is 0 Å². The van der Waals surface area contributed by atoms with Gasteiger partial charge in [0.15, 0.2) is 0 Å². The second-order valence-corrected chi connectivity index (χ2v) is 6.96. The van der Waals surface area contributed by atoms with E-state index in [2.05, 4.69) is 61.2 Å². The van der Waals surface area contributed by atoms with Crippen LogP contribution in [0.25, 0.3) is 0 Å². The minimum Gasteiger partial charge on any atom is -0.301 e.